The first-order valence-electron chi connectivity index (χ1n) is 6.08. The summed E-state index contributed by atoms with van der Waals surface area (Å²) in [7, 11) is 0. The molecular weight excluding hydrogens is 250 g/mol. The normalized spacial score (nSPS) is 10.4. The van der Waals surface area contributed by atoms with Gasteiger partial charge < -0.3 is 20.5 Å². The van der Waals surface area contributed by atoms with Crippen LogP contribution in [0.2, 0.25) is 0 Å². The number of hydrogen-bond acceptors (Lipinski definition) is 6. The lowest BCUT2D eigenvalue weighted by Gasteiger charge is -2.08. The molecule has 0 aromatic heterocycles. The molecule has 0 amide bonds. The first-order valence-corrected chi connectivity index (χ1v) is 6.08. The molecule has 0 spiro atoms. The molecule has 1 rings (SSSR count). The van der Waals surface area contributed by atoms with E-state index in [0.29, 0.717) is 45.2 Å². The minimum absolute atomic E-state index is 0.0637. The van der Waals surface area contributed by atoms with Crippen molar-refractivity contribution in [2.24, 2.45) is 5.73 Å². The zero-order valence-electron chi connectivity index (χ0n) is 10.7. The summed E-state index contributed by atoms with van der Waals surface area (Å²) in [4.78, 5) is 10.4. The van der Waals surface area contributed by atoms with Crippen LogP contribution in [-0.2, 0) is 9.47 Å². The van der Waals surface area contributed by atoms with Gasteiger partial charge in [0.15, 0.2) is 0 Å². The maximum atomic E-state index is 10.8. The van der Waals surface area contributed by atoms with Crippen molar-refractivity contribution in [1.82, 2.24) is 0 Å². The fourth-order valence-electron chi connectivity index (χ4n) is 1.45. The molecule has 0 fully saturated rings. The zero-order valence-corrected chi connectivity index (χ0v) is 10.7. The molecule has 1 aromatic rings. The van der Waals surface area contributed by atoms with Crippen LogP contribution in [0.3, 0.4) is 0 Å². The van der Waals surface area contributed by atoms with Crippen molar-refractivity contribution in [3.05, 3.63) is 34.4 Å². The molecule has 0 bridgehead atoms. The molecule has 0 atom stereocenters. The lowest BCUT2D eigenvalue weighted by molar-refractivity contribution is -0.384. The number of benzene rings is 1. The highest BCUT2D eigenvalue weighted by Gasteiger charge is 2.10. The largest absolute Gasteiger partial charge is 0.378 e. The van der Waals surface area contributed by atoms with Crippen molar-refractivity contribution in [3.63, 3.8) is 0 Å². The number of nitro groups is 1. The van der Waals surface area contributed by atoms with Gasteiger partial charge in [-0.25, -0.2) is 0 Å². The molecule has 106 valence electrons. The monoisotopic (exact) mass is 269 g/mol. The highest BCUT2D eigenvalue weighted by molar-refractivity contribution is 5.60. The number of nitrogens with zero attached hydrogens (tertiary/aromatic N) is 1. The van der Waals surface area contributed by atoms with Gasteiger partial charge in [-0.1, -0.05) is 12.1 Å². The Bertz CT molecular complexity index is 387. The van der Waals surface area contributed by atoms with Crippen LogP contribution in [0.1, 0.15) is 0 Å². The fourth-order valence-corrected chi connectivity index (χ4v) is 1.45. The molecule has 1 aromatic carbocycles. The van der Waals surface area contributed by atoms with Gasteiger partial charge in [-0.15, -0.1) is 0 Å². The lowest BCUT2D eigenvalue weighted by Crippen LogP contribution is -2.15. The van der Waals surface area contributed by atoms with Crippen LogP contribution in [0.5, 0.6) is 0 Å². The maximum Gasteiger partial charge on any atom is 0.292 e. The zero-order chi connectivity index (χ0) is 13.9. The van der Waals surface area contributed by atoms with Gasteiger partial charge in [0.1, 0.15) is 5.69 Å². The number of ether oxygens (including phenoxy) is 2. The van der Waals surface area contributed by atoms with Crippen molar-refractivity contribution in [2.75, 3.05) is 44.8 Å². The molecule has 7 heteroatoms. The number of rotatable bonds is 10. The van der Waals surface area contributed by atoms with E-state index in [-0.39, 0.29) is 5.69 Å². The second-order valence-corrected chi connectivity index (χ2v) is 3.71. The Balaban J connectivity index is 2.17. The van der Waals surface area contributed by atoms with Crippen molar-refractivity contribution < 1.29 is 14.4 Å². The van der Waals surface area contributed by atoms with Crippen LogP contribution in [0.15, 0.2) is 24.3 Å². The second-order valence-electron chi connectivity index (χ2n) is 3.71. The summed E-state index contributed by atoms with van der Waals surface area (Å²) in [6.07, 6.45) is 0. The molecule has 0 aliphatic carbocycles. The van der Waals surface area contributed by atoms with Gasteiger partial charge in [0.2, 0.25) is 0 Å². The van der Waals surface area contributed by atoms with Crippen LogP contribution in [0, 0.1) is 10.1 Å². The van der Waals surface area contributed by atoms with Gasteiger partial charge in [0.05, 0.1) is 31.4 Å². The number of hydrogen-bond donors (Lipinski definition) is 2. The van der Waals surface area contributed by atoms with Crippen molar-refractivity contribution in [3.8, 4) is 0 Å². The summed E-state index contributed by atoms with van der Waals surface area (Å²) in [5, 5.41) is 13.7. The average Bonchev–Trinajstić information content (AvgIpc) is 2.42. The van der Waals surface area contributed by atoms with Gasteiger partial charge in [-0.2, -0.15) is 0 Å². The molecule has 3 N–H and O–H groups in total. The molecule has 19 heavy (non-hydrogen) atoms. The van der Waals surface area contributed by atoms with Crippen LogP contribution >= 0.6 is 0 Å². The van der Waals surface area contributed by atoms with E-state index in [9.17, 15) is 10.1 Å². The number of nitrogens with two attached hydrogens (primary N) is 1. The summed E-state index contributed by atoms with van der Waals surface area (Å²) in [6, 6.07) is 6.51. The van der Waals surface area contributed by atoms with Gasteiger partial charge in [-0.3, -0.25) is 10.1 Å². The smallest absolute Gasteiger partial charge is 0.292 e. The van der Waals surface area contributed by atoms with Gasteiger partial charge >= 0.3 is 0 Å². The standard InChI is InChI=1S/C12H19N3O4/c13-5-7-18-9-10-19-8-6-14-11-3-1-2-4-12(11)15(16)17/h1-4,14H,5-10,13H2. The molecule has 0 saturated carbocycles. The van der Waals surface area contributed by atoms with E-state index in [0.717, 1.165) is 0 Å². The topological polar surface area (TPSA) is 99.7 Å². The van der Waals surface area contributed by atoms with E-state index in [1.165, 1.54) is 6.07 Å². The minimum atomic E-state index is -0.413. The summed E-state index contributed by atoms with van der Waals surface area (Å²) >= 11 is 0. The van der Waals surface area contributed by atoms with E-state index in [2.05, 4.69) is 5.32 Å². The van der Waals surface area contributed by atoms with Crippen molar-refractivity contribution >= 4 is 11.4 Å². The van der Waals surface area contributed by atoms with E-state index in [4.69, 9.17) is 15.2 Å². The number of nitrogens with one attached hydrogen (secondary N) is 1. The van der Waals surface area contributed by atoms with E-state index >= 15 is 0 Å². The number of nitro benzene ring substituents is 1. The van der Waals surface area contributed by atoms with Crippen LogP contribution in [0.25, 0.3) is 0 Å². The number of anilines is 1. The molecule has 0 radical (unpaired) electrons. The van der Waals surface area contributed by atoms with Crippen molar-refractivity contribution in [1.29, 1.82) is 0 Å². The average molecular weight is 269 g/mol. The van der Waals surface area contributed by atoms with E-state index in [1.54, 1.807) is 18.2 Å². The summed E-state index contributed by atoms with van der Waals surface area (Å²) < 4.78 is 10.4. The van der Waals surface area contributed by atoms with Crippen LogP contribution in [0.4, 0.5) is 11.4 Å². The highest BCUT2D eigenvalue weighted by Crippen LogP contribution is 2.22. The minimum Gasteiger partial charge on any atom is -0.378 e. The third-order valence-electron chi connectivity index (χ3n) is 2.30. The summed E-state index contributed by atoms with van der Waals surface area (Å²) in [6.45, 7) is 2.97. The first kappa shape index (κ1) is 15.4. The predicted molar refractivity (Wildman–Crippen MR) is 72.3 cm³/mol. The molecule has 0 heterocycles. The Kier molecular flexibility index (Phi) is 7.48. The SMILES string of the molecule is NCCOCCOCCNc1ccccc1[N+](=O)[O-]. The summed E-state index contributed by atoms with van der Waals surface area (Å²) in [5.41, 5.74) is 5.82. The third-order valence-corrected chi connectivity index (χ3v) is 2.30. The Morgan fingerprint density at radius 1 is 1.16 bits per heavy atom. The fraction of sp³-hybridized carbons (Fsp3) is 0.500. The molecule has 0 unspecified atom stereocenters. The van der Waals surface area contributed by atoms with E-state index < -0.39 is 4.92 Å². The molecule has 0 aliphatic heterocycles. The quantitative estimate of drug-likeness (QED) is 0.373. The summed E-state index contributed by atoms with van der Waals surface area (Å²) in [5.74, 6) is 0. The first-order chi connectivity index (χ1) is 9.25. The Labute approximate surface area is 111 Å². The molecule has 7 nitrogen and oxygen atoms in total. The molecule has 0 aliphatic rings. The van der Waals surface area contributed by atoms with Crippen LogP contribution in [-0.4, -0.2) is 44.4 Å². The molecular formula is C12H19N3O4. The lowest BCUT2D eigenvalue weighted by atomic mass is 10.2. The Morgan fingerprint density at radius 2 is 1.84 bits per heavy atom. The highest BCUT2D eigenvalue weighted by atomic mass is 16.6. The predicted octanol–water partition coefficient (Wildman–Crippen LogP) is 0.999. The van der Waals surface area contributed by atoms with Gasteiger partial charge in [0, 0.05) is 19.2 Å². The Hall–Kier alpha value is -1.70. The van der Waals surface area contributed by atoms with Crippen LogP contribution < -0.4 is 11.1 Å². The third kappa shape index (κ3) is 6.14. The maximum absolute atomic E-state index is 10.8. The van der Waals surface area contributed by atoms with Gasteiger partial charge in [0.25, 0.3) is 5.69 Å². The molecule has 0 saturated heterocycles. The Morgan fingerprint density at radius 3 is 2.53 bits per heavy atom. The second kappa shape index (κ2) is 9.26. The van der Waals surface area contributed by atoms with Gasteiger partial charge in [-0.05, 0) is 6.07 Å². The number of para-hydroxylation sites is 2. The van der Waals surface area contributed by atoms with Crippen molar-refractivity contribution in [2.45, 2.75) is 0 Å². The van der Waals surface area contributed by atoms with E-state index in [1.807, 2.05) is 0 Å².